The van der Waals surface area contributed by atoms with E-state index < -0.39 is 0 Å². The summed E-state index contributed by atoms with van der Waals surface area (Å²) in [5.41, 5.74) is 2.46. The molecule has 4 nitrogen and oxygen atoms in total. The summed E-state index contributed by atoms with van der Waals surface area (Å²) in [6, 6.07) is 0. The van der Waals surface area contributed by atoms with E-state index in [1.807, 2.05) is 12.4 Å². The minimum atomic E-state index is 0.344. The van der Waals surface area contributed by atoms with E-state index in [1.165, 1.54) is 25.0 Å². The highest BCUT2D eigenvalue weighted by molar-refractivity contribution is 5.36. The smallest absolute Gasteiger partial charge is 0.155 e. The second-order valence-corrected chi connectivity index (χ2v) is 4.82. The van der Waals surface area contributed by atoms with Crippen molar-refractivity contribution in [2.24, 2.45) is 0 Å². The zero-order valence-corrected chi connectivity index (χ0v) is 9.48. The van der Waals surface area contributed by atoms with Crippen molar-refractivity contribution in [2.45, 2.75) is 38.3 Å². The maximum absolute atomic E-state index is 4.32. The van der Waals surface area contributed by atoms with Gasteiger partial charge in [0.2, 0.25) is 0 Å². The molecule has 2 aromatic rings. The van der Waals surface area contributed by atoms with E-state index in [2.05, 4.69) is 26.6 Å². The average Bonchev–Trinajstić information content (AvgIpc) is 2.67. The number of fused-ring (bicyclic) bond motifs is 1. The maximum Gasteiger partial charge on any atom is 0.155 e. The largest absolute Gasteiger partial charge is 0.306 e. The molecular weight excluding hydrogens is 200 g/mol. The number of hydrogen-bond acceptors (Lipinski definition) is 3. The minimum absolute atomic E-state index is 0.344. The monoisotopic (exact) mass is 216 g/mol. The van der Waals surface area contributed by atoms with Gasteiger partial charge < -0.3 is 5.32 Å². The topological polar surface area (TPSA) is 42.2 Å². The number of aromatic nitrogens is 3. The SMILES string of the molecule is CC1(NCc2cnc3cnccn23)CCC1. The van der Waals surface area contributed by atoms with Crippen molar-refractivity contribution in [2.75, 3.05) is 0 Å². The van der Waals surface area contributed by atoms with Crippen molar-refractivity contribution >= 4 is 5.65 Å². The molecule has 0 radical (unpaired) electrons. The van der Waals surface area contributed by atoms with Crippen LogP contribution in [0.2, 0.25) is 0 Å². The molecule has 1 N–H and O–H groups in total. The fourth-order valence-electron chi connectivity index (χ4n) is 2.21. The Kier molecular flexibility index (Phi) is 2.17. The Morgan fingerprint density at radius 2 is 2.31 bits per heavy atom. The molecule has 84 valence electrons. The normalized spacial score (nSPS) is 18.6. The fourth-order valence-corrected chi connectivity index (χ4v) is 2.21. The molecule has 1 aliphatic rings. The van der Waals surface area contributed by atoms with E-state index >= 15 is 0 Å². The molecule has 0 amide bonds. The molecule has 1 aliphatic carbocycles. The molecule has 16 heavy (non-hydrogen) atoms. The van der Waals surface area contributed by atoms with E-state index in [0.717, 1.165) is 12.2 Å². The van der Waals surface area contributed by atoms with E-state index in [9.17, 15) is 0 Å². The lowest BCUT2D eigenvalue weighted by atomic mass is 9.78. The molecule has 2 aromatic heterocycles. The highest BCUT2D eigenvalue weighted by atomic mass is 15.1. The van der Waals surface area contributed by atoms with Gasteiger partial charge in [0.1, 0.15) is 0 Å². The number of imidazole rings is 1. The van der Waals surface area contributed by atoms with Crippen LogP contribution in [-0.4, -0.2) is 19.9 Å². The van der Waals surface area contributed by atoms with Crippen molar-refractivity contribution in [1.29, 1.82) is 0 Å². The van der Waals surface area contributed by atoms with Gasteiger partial charge in [0.25, 0.3) is 0 Å². The van der Waals surface area contributed by atoms with Gasteiger partial charge >= 0.3 is 0 Å². The molecule has 3 rings (SSSR count). The predicted molar refractivity (Wildman–Crippen MR) is 62.1 cm³/mol. The van der Waals surface area contributed by atoms with Crippen molar-refractivity contribution in [3.8, 4) is 0 Å². The van der Waals surface area contributed by atoms with Crippen LogP contribution in [0.15, 0.2) is 24.8 Å². The van der Waals surface area contributed by atoms with Crippen molar-refractivity contribution in [3.05, 3.63) is 30.5 Å². The van der Waals surface area contributed by atoms with Crippen LogP contribution in [0.5, 0.6) is 0 Å². The second-order valence-electron chi connectivity index (χ2n) is 4.82. The zero-order valence-electron chi connectivity index (χ0n) is 9.48. The fraction of sp³-hybridized carbons (Fsp3) is 0.500. The van der Waals surface area contributed by atoms with Gasteiger partial charge in [0, 0.05) is 24.5 Å². The Morgan fingerprint density at radius 3 is 3.06 bits per heavy atom. The van der Waals surface area contributed by atoms with E-state index in [1.54, 1.807) is 12.4 Å². The Balaban J connectivity index is 1.79. The molecule has 0 aliphatic heterocycles. The van der Waals surface area contributed by atoms with Crippen LogP contribution in [0, 0.1) is 0 Å². The Morgan fingerprint density at radius 1 is 1.44 bits per heavy atom. The molecule has 1 saturated carbocycles. The third kappa shape index (κ3) is 1.59. The van der Waals surface area contributed by atoms with E-state index in [-0.39, 0.29) is 0 Å². The van der Waals surface area contributed by atoms with Crippen LogP contribution < -0.4 is 5.32 Å². The molecule has 0 bridgehead atoms. The van der Waals surface area contributed by atoms with Crippen LogP contribution in [0.3, 0.4) is 0 Å². The van der Waals surface area contributed by atoms with Gasteiger partial charge in [-0.25, -0.2) is 4.98 Å². The van der Waals surface area contributed by atoms with Crippen LogP contribution in [0.4, 0.5) is 0 Å². The molecule has 0 spiro atoms. The molecule has 0 saturated heterocycles. The Labute approximate surface area is 94.7 Å². The summed E-state index contributed by atoms with van der Waals surface area (Å²) in [7, 11) is 0. The number of nitrogens with one attached hydrogen (secondary N) is 1. The molecule has 0 atom stereocenters. The summed E-state index contributed by atoms with van der Waals surface area (Å²) in [4.78, 5) is 8.38. The first-order valence-corrected chi connectivity index (χ1v) is 5.78. The molecular formula is C12H16N4. The molecule has 1 fully saturated rings. The number of nitrogens with zero attached hydrogens (tertiary/aromatic N) is 3. The van der Waals surface area contributed by atoms with Crippen LogP contribution >= 0.6 is 0 Å². The van der Waals surface area contributed by atoms with Crippen molar-refractivity contribution in [3.63, 3.8) is 0 Å². The zero-order chi connectivity index (χ0) is 11.0. The summed E-state index contributed by atoms with van der Waals surface area (Å²) >= 11 is 0. The van der Waals surface area contributed by atoms with Gasteiger partial charge in [0.15, 0.2) is 5.65 Å². The summed E-state index contributed by atoms with van der Waals surface area (Å²) in [6.07, 6.45) is 11.4. The van der Waals surface area contributed by atoms with Crippen molar-refractivity contribution < 1.29 is 0 Å². The quantitative estimate of drug-likeness (QED) is 0.850. The summed E-state index contributed by atoms with van der Waals surface area (Å²) in [6.45, 7) is 3.17. The molecule has 2 heterocycles. The van der Waals surface area contributed by atoms with Crippen LogP contribution in [-0.2, 0) is 6.54 Å². The first-order chi connectivity index (χ1) is 7.77. The van der Waals surface area contributed by atoms with E-state index in [4.69, 9.17) is 0 Å². The predicted octanol–water partition coefficient (Wildman–Crippen LogP) is 1.76. The average molecular weight is 216 g/mol. The van der Waals surface area contributed by atoms with Gasteiger partial charge in [-0.3, -0.25) is 9.38 Å². The number of hydrogen-bond donors (Lipinski definition) is 1. The third-order valence-corrected chi connectivity index (χ3v) is 3.55. The standard InChI is InChI=1S/C12H16N4/c1-12(3-2-4-12)15-8-10-7-14-11-9-13-5-6-16(10)11/h5-7,9,15H,2-4,8H2,1H3. The highest BCUT2D eigenvalue weighted by Crippen LogP contribution is 2.31. The Hall–Kier alpha value is -1.42. The Bertz CT molecular complexity index is 498. The van der Waals surface area contributed by atoms with Gasteiger partial charge in [-0.2, -0.15) is 0 Å². The second kappa shape index (κ2) is 3.56. The lowest BCUT2D eigenvalue weighted by Crippen LogP contribution is -2.47. The summed E-state index contributed by atoms with van der Waals surface area (Å²) < 4.78 is 2.09. The minimum Gasteiger partial charge on any atom is -0.306 e. The van der Waals surface area contributed by atoms with Crippen LogP contribution in [0.25, 0.3) is 5.65 Å². The highest BCUT2D eigenvalue weighted by Gasteiger charge is 2.30. The first kappa shape index (κ1) is 9.78. The number of rotatable bonds is 3. The first-order valence-electron chi connectivity index (χ1n) is 5.78. The molecule has 4 heteroatoms. The maximum atomic E-state index is 4.32. The van der Waals surface area contributed by atoms with E-state index in [0.29, 0.717) is 5.54 Å². The van der Waals surface area contributed by atoms with Gasteiger partial charge in [-0.1, -0.05) is 0 Å². The lowest BCUT2D eigenvalue weighted by molar-refractivity contribution is 0.206. The van der Waals surface area contributed by atoms with Gasteiger partial charge in [-0.05, 0) is 26.2 Å². The third-order valence-electron chi connectivity index (χ3n) is 3.55. The van der Waals surface area contributed by atoms with Crippen molar-refractivity contribution in [1.82, 2.24) is 19.7 Å². The summed E-state index contributed by atoms with van der Waals surface area (Å²) in [5, 5.41) is 3.61. The summed E-state index contributed by atoms with van der Waals surface area (Å²) in [5.74, 6) is 0. The molecule has 0 aromatic carbocycles. The van der Waals surface area contributed by atoms with Crippen LogP contribution in [0.1, 0.15) is 31.9 Å². The molecule has 0 unspecified atom stereocenters. The van der Waals surface area contributed by atoms with Gasteiger partial charge in [-0.15, -0.1) is 0 Å². The van der Waals surface area contributed by atoms with Gasteiger partial charge in [0.05, 0.1) is 18.1 Å². The lowest BCUT2D eigenvalue weighted by Gasteiger charge is -2.39.